The van der Waals surface area contributed by atoms with Gasteiger partial charge in [0, 0.05) is 6.42 Å². The number of anilines is 2. The van der Waals surface area contributed by atoms with Gasteiger partial charge in [0.2, 0.25) is 17.8 Å². The van der Waals surface area contributed by atoms with Gasteiger partial charge in [-0.15, -0.1) is 0 Å². The second kappa shape index (κ2) is 4.98. The number of ether oxygens (including phenoxy) is 2. The standard InChI is InChI=1S/C11H16N6O4/c1-20-9-7-8(15-10(12)16-9)17(11(13)14-7)6-2-4(19)5(3-18)21-6/h4-6,18-19H,2-3H2,1H3,(H2,13,14)(H2,12,15,16)/t4-,5+,6+/m0/s1. The number of aliphatic hydroxyl groups is 2. The van der Waals surface area contributed by atoms with Crippen molar-refractivity contribution in [3.63, 3.8) is 0 Å². The number of fused-ring (bicyclic) bond motifs is 1. The van der Waals surface area contributed by atoms with Crippen LogP contribution in [-0.4, -0.2) is 55.7 Å². The Bertz CT molecular complexity index is 674. The molecule has 0 aromatic carbocycles. The summed E-state index contributed by atoms with van der Waals surface area (Å²) in [6, 6.07) is 0. The lowest BCUT2D eigenvalue weighted by atomic mass is 10.2. The Kier molecular flexibility index (Phi) is 3.27. The first kappa shape index (κ1) is 13.8. The fourth-order valence-electron chi connectivity index (χ4n) is 2.45. The van der Waals surface area contributed by atoms with Gasteiger partial charge in [0.05, 0.1) is 19.8 Å². The predicted molar refractivity (Wildman–Crippen MR) is 72.3 cm³/mol. The molecule has 2 aromatic rings. The molecule has 0 unspecified atom stereocenters. The number of nitrogens with zero attached hydrogens (tertiary/aromatic N) is 4. The molecule has 3 atom stereocenters. The van der Waals surface area contributed by atoms with E-state index in [1.807, 2.05) is 0 Å². The lowest BCUT2D eigenvalue weighted by molar-refractivity contribution is -0.0425. The zero-order chi connectivity index (χ0) is 15.1. The van der Waals surface area contributed by atoms with Gasteiger partial charge in [-0.05, 0) is 0 Å². The van der Waals surface area contributed by atoms with Crippen LogP contribution >= 0.6 is 0 Å². The number of rotatable bonds is 3. The number of nitrogen functional groups attached to an aromatic ring is 2. The van der Waals surface area contributed by atoms with Gasteiger partial charge in [-0.25, -0.2) is 4.98 Å². The molecule has 0 radical (unpaired) electrons. The summed E-state index contributed by atoms with van der Waals surface area (Å²) in [7, 11) is 1.44. The van der Waals surface area contributed by atoms with Gasteiger partial charge in [-0.3, -0.25) is 4.57 Å². The molecule has 2 aromatic heterocycles. The van der Waals surface area contributed by atoms with Crippen molar-refractivity contribution in [3.8, 4) is 5.88 Å². The molecule has 1 aliphatic rings. The molecule has 1 saturated heterocycles. The van der Waals surface area contributed by atoms with Crippen LogP contribution in [0.3, 0.4) is 0 Å². The highest BCUT2D eigenvalue weighted by Crippen LogP contribution is 2.34. The van der Waals surface area contributed by atoms with Crippen molar-refractivity contribution in [2.75, 3.05) is 25.2 Å². The van der Waals surface area contributed by atoms with E-state index in [1.54, 1.807) is 0 Å². The van der Waals surface area contributed by atoms with Crippen molar-refractivity contribution < 1.29 is 19.7 Å². The summed E-state index contributed by atoms with van der Waals surface area (Å²) in [5, 5.41) is 19.0. The van der Waals surface area contributed by atoms with Crippen molar-refractivity contribution in [3.05, 3.63) is 0 Å². The third-order valence-corrected chi connectivity index (χ3v) is 3.42. The first-order valence-electron chi connectivity index (χ1n) is 6.34. The van der Waals surface area contributed by atoms with Crippen molar-refractivity contribution in [2.45, 2.75) is 24.9 Å². The molecule has 1 fully saturated rings. The maximum Gasteiger partial charge on any atom is 0.247 e. The summed E-state index contributed by atoms with van der Waals surface area (Å²) in [6.07, 6.45) is -1.81. The Morgan fingerprint density at radius 2 is 2.14 bits per heavy atom. The van der Waals surface area contributed by atoms with Crippen LogP contribution in [-0.2, 0) is 4.74 Å². The summed E-state index contributed by atoms with van der Waals surface area (Å²) in [5.41, 5.74) is 12.3. The zero-order valence-electron chi connectivity index (χ0n) is 11.3. The highest BCUT2D eigenvalue weighted by molar-refractivity contribution is 5.80. The van der Waals surface area contributed by atoms with Crippen LogP contribution in [0.5, 0.6) is 5.88 Å². The predicted octanol–water partition coefficient (Wildman–Crippen LogP) is -1.36. The van der Waals surface area contributed by atoms with Gasteiger partial charge in [0.15, 0.2) is 11.2 Å². The third-order valence-electron chi connectivity index (χ3n) is 3.42. The van der Waals surface area contributed by atoms with Crippen molar-refractivity contribution in [2.24, 2.45) is 0 Å². The van der Waals surface area contributed by atoms with Crippen molar-refractivity contribution in [1.29, 1.82) is 0 Å². The second-order valence-corrected chi connectivity index (χ2v) is 4.72. The van der Waals surface area contributed by atoms with Crippen LogP contribution in [0.15, 0.2) is 0 Å². The van der Waals surface area contributed by atoms with Crippen molar-refractivity contribution >= 4 is 23.1 Å². The smallest absolute Gasteiger partial charge is 0.247 e. The van der Waals surface area contributed by atoms with Crippen LogP contribution in [0.2, 0.25) is 0 Å². The number of aromatic nitrogens is 4. The Morgan fingerprint density at radius 3 is 2.76 bits per heavy atom. The minimum atomic E-state index is -0.794. The van der Waals surface area contributed by atoms with E-state index in [-0.39, 0.29) is 30.8 Å². The van der Waals surface area contributed by atoms with Gasteiger partial charge in [-0.2, -0.15) is 9.97 Å². The molecule has 1 aliphatic heterocycles. The Hall–Kier alpha value is -2.17. The molecule has 3 rings (SSSR count). The lowest BCUT2D eigenvalue weighted by Crippen LogP contribution is -2.24. The fraction of sp³-hybridized carbons (Fsp3) is 0.545. The summed E-state index contributed by atoms with van der Waals surface area (Å²) >= 11 is 0. The molecule has 10 heteroatoms. The lowest BCUT2D eigenvalue weighted by Gasteiger charge is -2.15. The SMILES string of the molecule is COc1nc(N)nc2c1nc(N)n2[C@H]1C[C@H](O)[C@@H](CO)O1. The number of hydrogen-bond acceptors (Lipinski definition) is 9. The van der Waals surface area contributed by atoms with Crippen LogP contribution < -0.4 is 16.2 Å². The van der Waals surface area contributed by atoms with Gasteiger partial charge in [0.1, 0.15) is 12.3 Å². The monoisotopic (exact) mass is 296 g/mol. The Morgan fingerprint density at radius 1 is 1.38 bits per heavy atom. The molecule has 0 amide bonds. The molecule has 0 saturated carbocycles. The van der Waals surface area contributed by atoms with E-state index < -0.39 is 18.4 Å². The van der Waals surface area contributed by atoms with Gasteiger partial charge >= 0.3 is 0 Å². The van der Waals surface area contributed by atoms with Crippen LogP contribution in [0.4, 0.5) is 11.9 Å². The molecule has 0 spiro atoms. The van der Waals surface area contributed by atoms with E-state index in [2.05, 4.69) is 15.0 Å². The molecular formula is C11H16N6O4. The first-order chi connectivity index (χ1) is 10.0. The fourth-order valence-corrected chi connectivity index (χ4v) is 2.45. The number of hydrogen-bond donors (Lipinski definition) is 4. The Balaban J connectivity index is 2.11. The number of methoxy groups -OCH3 is 1. The quantitative estimate of drug-likeness (QED) is 0.537. The van der Waals surface area contributed by atoms with Crippen LogP contribution in [0, 0.1) is 0 Å². The molecule has 21 heavy (non-hydrogen) atoms. The second-order valence-electron chi connectivity index (χ2n) is 4.72. The normalized spacial score (nSPS) is 25.6. The highest BCUT2D eigenvalue weighted by Gasteiger charge is 2.36. The molecule has 0 aliphatic carbocycles. The number of imidazole rings is 1. The maximum atomic E-state index is 9.83. The number of nitrogens with two attached hydrogens (primary N) is 2. The summed E-state index contributed by atoms with van der Waals surface area (Å²) in [5.74, 6) is 0.358. The minimum Gasteiger partial charge on any atom is -0.479 e. The van der Waals surface area contributed by atoms with Crippen LogP contribution in [0.1, 0.15) is 12.6 Å². The summed E-state index contributed by atoms with van der Waals surface area (Å²) in [6.45, 7) is -0.287. The van der Waals surface area contributed by atoms with Gasteiger partial charge < -0.3 is 31.2 Å². The van der Waals surface area contributed by atoms with E-state index in [4.69, 9.17) is 26.0 Å². The Labute approximate surface area is 119 Å². The molecule has 3 heterocycles. The number of aliphatic hydroxyl groups excluding tert-OH is 2. The van der Waals surface area contributed by atoms with E-state index in [0.717, 1.165) is 0 Å². The summed E-state index contributed by atoms with van der Waals surface area (Å²) < 4.78 is 12.2. The average molecular weight is 296 g/mol. The molecule has 10 nitrogen and oxygen atoms in total. The van der Waals surface area contributed by atoms with Gasteiger partial charge in [-0.1, -0.05) is 0 Å². The zero-order valence-corrected chi connectivity index (χ0v) is 11.3. The minimum absolute atomic E-state index is 0.0118. The molecule has 6 N–H and O–H groups in total. The largest absolute Gasteiger partial charge is 0.479 e. The van der Waals surface area contributed by atoms with Crippen molar-refractivity contribution in [1.82, 2.24) is 19.5 Å². The van der Waals surface area contributed by atoms with Gasteiger partial charge in [0.25, 0.3) is 0 Å². The molecule has 114 valence electrons. The first-order valence-corrected chi connectivity index (χ1v) is 6.34. The molecule has 0 bridgehead atoms. The van der Waals surface area contributed by atoms with E-state index in [0.29, 0.717) is 11.2 Å². The van der Waals surface area contributed by atoms with E-state index in [9.17, 15) is 5.11 Å². The van der Waals surface area contributed by atoms with Crippen LogP contribution in [0.25, 0.3) is 11.2 Å². The van der Waals surface area contributed by atoms with E-state index >= 15 is 0 Å². The topological polar surface area (TPSA) is 155 Å². The molecular weight excluding hydrogens is 280 g/mol. The average Bonchev–Trinajstić information content (AvgIpc) is 2.97. The maximum absolute atomic E-state index is 9.83. The third kappa shape index (κ3) is 2.13. The van der Waals surface area contributed by atoms with E-state index in [1.165, 1.54) is 11.7 Å². The summed E-state index contributed by atoms with van der Waals surface area (Å²) in [4.78, 5) is 12.2. The highest BCUT2D eigenvalue weighted by atomic mass is 16.5.